The molecule has 4 heteroatoms. The van der Waals surface area contributed by atoms with Crippen molar-refractivity contribution in [2.75, 3.05) is 18.8 Å². The lowest BCUT2D eigenvalue weighted by molar-refractivity contribution is 0.299. The number of nitrogens with two attached hydrogens (primary N) is 1. The summed E-state index contributed by atoms with van der Waals surface area (Å²) in [5.74, 6) is 0.517. The smallest absolute Gasteiger partial charge is 0.101 e. The first-order valence-corrected chi connectivity index (χ1v) is 8.36. The Morgan fingerprint density at radius 2 is 1.72 bits per heavy atom. The fourth-order valence-corrected chi connectivity index (χ4v) is 3.34. The average molecular weight is 328 g/mol. The molecule has 2 N–H and O–H groups in total. The van der Waals surface area contributed by atoms with Crippen LogP contribution in [0, 0.1) is 22.7 Å². The zero-order valence-electron chi connectivity index (χ0n) is 14.1. The van der Waals surface area contributed by atoms with Gasteiger partial charge in [0.15, 0.2) is 0 Å². The third kappa shape index (κ3) is 3.49. The summed E-state index contributed by atoms with van der Waals surface area (Å²) in [5, 5.41) is 17.9. The van der Waals surface area contributed by atoms with Crippen LogP contribution in [0.2, 0.25) is 0 Å². The molecule has 1 saturated heterocycles. The van der Waals surface area contributed by atoms with Crippen LogP contribution in [0.3, 0.4) is 0 Å². The van der Waals surface area contributed by atoms with Crippen molar-refractivity contribution in [2.45, 2.75) is 18.8 Å². The van der Waals surface area contributed by atoms with Crippen LogP contribution < -0.4 is 5.73 Å². The Bertz CT molecular complexity index is 860. The van der Waals surface area contributed by atoms with Crippen LogP contribution in [0.1, 0.15) is 41.0 Å². The summed E-state index contributed by atoms with van der Waals surface area (Å²) in [5.41, 5.74) is 10.8. The van der Waals surface area contributed by atoms with E-state index in [2.05, 4.69) is 35.8 Å². The molecule has 0 atom stereocenters. The average Bonchev–Trinajstić information content (AvgIpc) is 2.67. The summed E-state index contributed by atoms with van der Waals surface area (Å²) in [6.45, 7) is 6.08. The quantitative estimate of drug-likeness (QED) is 0.868. The lowest BCUT2D eigenvalue weighted by Gasteiger charge is -2.35. The molecule has 0 bridgehead atoms. The number of hydrogen-bond acceptors (Lipinski definition) is 4. The number of nitriles is 2. The van der Waals surface area contributed by atoms with Gasteiger partial charge in [0.05, 0.1) is 22.9 Å². The van der Waals surface area contributed by atoms with Crippen molar-refractivity contribution in [2.24, 2.45) is 0 Å². The maximum Gasteiger partial charge on any atom is 0.101 e. The molecular formula is C21H20N4. The molecular weight excluding hydrogens is 308 g/mol. The van der Waals surface area contributed by atoms with Crippen LogP contribution in [0.4, 0.5) is 5.69 Å². The highest BCUT2D eigenvalue weighted by Gasteiger charge is 2.22. The van der Waals surface area contributed by atoms with Gasteiger partial charge in [-0.2, -0.15) is 10.5 Å². The predicted molar refractivity (Wildman–Crippen MR) is 99.3 cm³/mol. The molecule has 124 valence electrons. The van der Waals surface area contributed by atoms with E-state index in [1.54, 1.807) is 6.07 Å². The minimum atomic E-state index is 0.494. The van der Waals surface area contributed by atoms with Gasteiger partial charge in [-0.25, -0.2) is 0 Å². The van der Waals surface area contributed by atoms with E-state index in [1.807, 2.05) is 24.3 Å². The Morgan fingerprint density at radius 3 is 2.28 bits per heavy atom. The highest BCUT2D eigenvalue weighted by atomic mass is 15.1. The lowest BCUT2D eigenvalue weighted by atomic mass is 9.88. The highest BCUT2D eigenvalue weighted by Crippen LogP contribution is 2.32. The molecule has 0 unspecified atom stereocenters. The molecule has 4 nitrogen and oxygen atoms in total. The van der Waals surface area contributed by atoms with Crippen molar-refractivity contribution in [3.63, 3.8) is 0 Å². The Balaban J connectivity index is 1.65. The van der Waals surface area contributed by atoms with E-state index in [1.165, 1.54) is 5.56 Å². The second kappa shape index (κ2) is 7.11. The largest absolute Gasteiger partial charge is 0.398 e. The zero-order valence-corrected chi connectivity index (χ0v) is 14.1. The Morgan fingerprint density at radius 1 is 1.04 bits per heavy atom. The standard InChI is InChI=1S/C21H20N4/c1-15(19-6-7-20(14-23)21(24)12-19)25-10-8-18(9-11-25)17-4-2-16(13-22)3-5-17/h2-7,12,18H,1,8-11,24H2. The number of benzene rings is 2. The topological polar surface area (TPSA) is 76.8 Å². The van der Waals surface area contributed by atoms with E-state index < -0.39 is 0 Å². The van der Waals surface area contributed by atoms with Gasteiger partial charge in [0, 0.05) is 18.8 Å². The fraction of sp³-hybridized carbons (Fsp3) is 0.238. The van der Waals surface area contributed by atoms with Gasteiger partial charge in [0.1, 0.15) is 6.07 Å². The van der Waals surface area contributed by atoms with Crippen LogP contribution in [0.15, 0.2) is 49.0 Å². The molecule has 3 rings (SSSR count). The van der Waals surface area contributed by atoms with Gasteiger partial charge >= 0.3 is 0 Å². The molecule has 1 aliphatic heterocycles. The summed E-state index contributed by atoms with van der Waals surface area (Å²) in [6, 6.07) is 17.6. The van der Waals surface area contributed by atoms with Gasteiger partial charge in [-0.3, -0.25) is 0 Å². The molecule has 1 heterocycles. The molecule has 0 radical (unpaired) electrons. The molecule has 1 aliphatic rings. The van der Waals surface area contributed by atoms with Crippen molar-refractivity contribution in [3.8, 4) is 12.1 Å². The summed E-state index contributed by atoms with van der Waals surface area (Å²) >= 11 is 0. The molecule has 1 fully saturated rings. The molecule has 0 spiro atoms. The fourth-order valence-electron chi connectivity index (χ4n) is 3.34. The van der Waals surface area contributed by atoms with Crippen molar-refractivity contribution in [3.05, 3.63) is 71.3 Å². The number of piperidine rings is 1. The van der Waals surface area contributed by atoms with Gasteiger partial charge in [-0.1, -0.05) is 24.8 Å². The second-order valence-electron chi connectivity index (χ2n) is 6.36. The van der Waals surface area contributed by atoms with Gasteiger partial charge in [0.2, 0.25) is 0 Å². The van der Waals surface area contributed by atoms with Crippen LogP contribution in [-0.4, -0.2) is 18.0 Å². The highest BCUT2D eigenvalue weighted by molar-refractivity contribution is 5.68. The number of nitrogens with zero attached hydrogens (tertiary/aromatic N) is 3. The molecule has 0 saturated carbocycles. The third-order valence-corrected chi connectivity index (χ3v) is 4.89. The minimum absolute atomic E-state index is 0.494. The van der Waals surface area contributed by atoms with Gasteiger partial charge < -0.3 is 10.6 Å². The van der Waals surface area contributed by atoms with Crippen molar-refractivity contribution in [1.29, 1.82) is 10.5 Å². The molecule has 25 heavy (non-hydrogen) atoms. The van der Waals surface area contributed by atoms with Crippen molar-refractivity contribution in [1.82, 2.24) is 4.90 Å². The van der Waals surface area contributed by atoms with Crippen LogP contribution in [0.5, 0.6) is 0 Å². The Kier molecular flexibility index (Phi) is 4.73. The normalized spacial score (nSPS) is 14.6. The van der Waals surface area contributed by atoms with Crippen LogP contribution in [-0.2, 0) is 0 Å². The number of anilines is 1. The molecule has 2 aromatic rings. The van der Waals surface area contributed by atoms with Gasteiger partial charge in [-0.05, 0) is 54.2 Å². The van der Waals surface area contributed by atoms with E-state index in [4.69, 9.17) is 16.3 Å². The zero-order chi connectivity index (χ0) is 17.8. The predicted octanol–water partition coefficient (Wildman–Crippen LogP) is 3.86. The molecule has 2 aromatic carbocycles. The first kappa shape index (κ1) is 16.6. The van der Waals surface area contributed by atoms with E-state index in [0.29, 0.717) is 22.7 Å². The number of nitrogen functional groups attached to an aromatic ring is 1. The van der Waals surface area contributed by atoms with E-state index in [-0.39, 0.29) is 0 Å². The van der Waals surface area contributed by atoms with E-state index in [0.717, 1.165) is 37.2 Å². The summed E-state index contributed by atoms with van der Waals surface area (Å²) < 4.78 is 0. The number of rotatable bonds is 3. The van der Waals surface area contributed by atoms with Gasteiger partial charge in [0.25, 0.3) is 0 Å². The summed E-state index contributed by atoms with van der Waals surface area (Å²) in [4.78, 5) is 2.28. The summed E-state index contributed by atoms with van der Waals surface area (Å²) in [6.07, 6.45) is 2.10. The molecule has 0 aromatic heterocycles. The van der Waals surface area contributed by atoms with Crippen LogP contribution in [0.25, 0.3) is 5.70 Å². The second-order valence-corrected chi connectivity index (χ2v) is 6.36. The molecule has 0 amide bonds. The van der Waals surface area contributed by atoms with E-state index in [9.17, 15) is 0 Å². The number of likely N-dealkylation sites (tertiary alicyclic amines) is 1. The SMILES string of the molecule is C=C(c1ccc(C#N)c(N)c1)N1CCC(c2ccc(C#N)cc2)CC1. The van der Waals surface area contributed by atoms with E-state index >= 15 is 0 Å². The first-order chi connectivity index (χ1) is 12.1. The summed E-state index contributed by atoms with van der Waals surface area (Å²) in [7, 11) is 0. The Labute approximate surface area is 148 Å². The van der Waals surface area contributed by atoms with Crippen molar-refractivity contribution < 1.29 is 0 Å². The van der Waals surface area contributed by atoms with Gasteiger partial charge in [-0.15, -0.1) is 0 Å². The third-order valence-electron chi connectivity index (χ3n) is 4.89. The minimum Gasteiger partial charge on any atom is -0.398 e. The maximum absolute atomic E-state index is 8.99. The van der Waals surface area contributed by atoms with Crippen LogP contribution >= 0.6 is 0 Å². The number of hydrogen-bond donors (Lipinski definition) is 1. The van der Waals surface area contributed by atoms with Crippen molar-refractivity contribution >= 4 is 11.4 Å². The maximum atomic E-state index is 8.99. The lowest BCUT2D eigenvalue weighted by Crippen LogP contribution is -2.31. The molecule has 0 aliphatic carbocycles. The first-order valence-electron chi connectivity index (χ1n) is 8.36. The Hall–Kier alpha value is -3.24. The monoisotopic (exact) mass is 328 g/mol.